The summed E-state index contributed by atoms with van der Waals surface area (Å²) in [6, 6.07) is 2.54. The molecule has 0 spiro atoms. The average molecular weight is 315 g/mol. The van der Waals surface area contributed by atoms with E-state index in [4.69, 9.17) is 10.8 Å². The van der Waals surface area contributed by atoms with Crippen LogP contribution in [0.2, 0.25) is 0 Å². The van der Waals surface area contributed by atoms with Gasteiger partial charge in [-0.25, -0.2) is 0 Å². The summed E-state index contributed by atoms with van der Waals surface area (Å²) in [4.78, 5) is 22.1. The first-order chi connectivity index (χ1) is 8.31. The molecule has 5 nitrogen and oxygen atoms in total. The molecular weight excluding hydrogens is 300 g/mol. The molecule has 98 valence electrons. The number of carboxylic acids is 1. The quantitative estimate of drug-likeness (QED) is 0.790. The van der Waals surface area contributed by atoms with E-state index in [9.17, 15) is 9.59 Å². The number of anilines is 1. The van der Waals surface area contributed by atoms with Gasteiger partial charge in [0.1, 0.15) is 0 Å². The first kappa shape index (κ1) is 14.7. The number of carbonyl (C=O) groups is 2. The minimum absolute atomic E-state index is 0.389. The maximum absolute atomic E-state index is 11.6. The molecule has 1 aromatic rings. The van der Waals surface area contributed by atoms with Crippen molar-refractivity contribution < 1.29 is 14.7 Å². The van der Waals surface area contributed by atoms with Crippen LogP contribution in [-0.2, 0) is 9.59 Å². The van der Waals surface area contributed by atoms with Gasteiger partial charge in [0.15, 0.2) is 0 Å². The Balaban J connectivity index is 2.79. The van der Waals surface area contributed by atoms with Crippen molar-refractivity contribution in [3.8, 4) is 0 Å². The van der Waals surface area contributed by atoms with Crippen LogP contribution in [0.5, 0.6) is 0 Å². The molecule has 1 atom stereocenters. The number of nitrogens with two attached hydrogens (primary N) is 1. The van der Waals surface area contributed by atoms with Crippen molar-refractivity contribution >= 4 is 33.5 Å². The molecule has 0 bridgehead atoms. The normalized spacial score (nSPS) is 12.0. The summed E-state index contributed by atoms with van der Waals surface area (Å²) in [5.74, 6) is -1.60. The molecule has 1 aromatic carbocycles. The lowest BCUT2D eigenvalue weighted by Crippen LogP contribution is -2.37. The van der Waals surface area contributed by atoms with Gasteiger partial charge in [0.25, 0.3) is 0 Å². The van der Waals surface area contributed by atoms with Gasteiger partial charge >= 0.3 is 5.97 Å². The average Bonchev–Trinajstić information content (AvgIpc) is 2.24. The Kier molecular flexibility index (Phi) is 4.86. The fourth-order valence-corrected chi connectivity index (χ4v) is 1.76. The Morgan fingerprint density at radius 2 is 1.89 bits per heavy atom. The molecule has 0 heterocycles. The summed E-state index contributed by atoms with van der Waals surface area (Å²) < 4.78 is 0.982. The summed E-state index contributed by atoms with van der Waals surface area (Å²) in [5.41, 5.74) is 8.05. The fourth-order valence-electron chi connectivity index (χ4n) is 1.53. The highest BCUT2D eigenvalue weighted by Gasteiger charge is 2.17. The molecular formula is C12H15BrN2O3. The van der Waals surface area contributed by atoms with Crippen molar-refractivity contribution in [2.24, 2.45) is 5.73 Å². The van der Waals surface area contributed by atoms with E-state index in [-0.39, 0.29) is 6.42 Å². The summed E-state index contributed by atoms with van der Waals surface area (Å²) in [6.07, 6.45) is -0.389. The van der Waals surface area contributed by atoms with Gasteiger partial charge in [-0.1, -0.05) is 15.9 Å². The molecule has 6 heteroatoms. The van der Waals surface area contributed by atoms with Crippen LogP contribution in [-0.4, -0.2) is 23.0 Å². The zero-order valence-corrected chi connectivity index (χ0v) is 11.7. The second-order valence-corrected chi connectivity index (χ2v) is 4.91. The molecule has 0 aliphatic heterocycles. The van der Waals surface area contributed by atoms with Gasteiger partial charge in [-0.3, -0.25) is 9.59 Å². The van der Waals surface area contributed by atoms with Gasteiger partial charge in [0.2, 0.25) is 5.91 Å². The Morgan fingerprint density at radius 3 is 2.33 bits per heavy atom. The van der Waals surface area contributed by atoms with E-state index >= 15 is 0 Å². The summed E-state index contributed by atoms with van der Waals surface area (Å²) in [6.45, 7) is 3.81. The fraction of sp³-hybridized carbons (Fsp3) is 0.333. The SMILES string of the molecule is Cc1cc(NC(=O)C(N)CC(=O)O)cc(C)c1Br. The molecule has 0 saturated heterocycles. The predicted molar refractivity (Wildman–Crippen MR) is 72.5 cm³/mol. The molecule has 1 unspecified atom stereocenters. The maximum atomic E-state index is 11.6. The van der Waals surface area contributed by atoms with Crippen LogP contribution < -0.4 is 11.1 Å². The molecule has 1 amide bonds. The second kappa shape index (κ2) is 5.97. The van der Waals surface area contributed by atoms with E-state index in [0.29, 0.717) is 5.69 Å². The molecule has 0 aromatic heterocycles. The first-order valence-electron chi connectivity index (χ1n) is 5.36. The Bertz CT molecular complexity index is 465. The van der Waals surface area contributed by atoms with Crippen LogP contribution in [0.25, 0.3) is 0 Å². The van der Waals surface area contributed by atoms with Crippen molar-refractivity contribution in [2.45, 2.75) is 26.3 Å². The zero-order valence-electron chi connectivity index (χ0n) is 10.2. The second-order valence-electron chi connectivity index (χ2n) is 4.12. The number of hydrogen-bond acceptors (Lipinski definition) is 3. The van der Waals surface area contributed by atoms with E-state index in [2.05, 4.69) is 21.2 Å². The largest absolute Gasteiger partial charge is 0.481 e. The number of halogens is 1. The minimum Gasteiger partial charge on any atom is -0.481 e. The Hall–Kier alpha value is -1.40. The number of benzene rings is 1. The van der Waals surface area contributed by atoms with Crippen LogP contribution in [0, 0.1) is 13.8 Å². The topological polar surface area (TPSA) is 92.4 Å². The molecule has 18 heavy (non-hydrogen) atoms. The number of carboxylic acid groups (broad SMARTS) is 1. The number of aliphatic carboxylic acids is 1. The molecule has 0 radical (unpaired) electrons. The van der Waals surface area contributed by atoms with E-state index in [0.717, 1.165) is 15.6 Å². The van der Waals surface area contributed by atoms with E-state index in [1.54, 1.807) is 12.1 Å². The van der Waals surface area contributed by atoms with Crippen molar-refractivity contribution in [3.63, 3.8) is 0 Å². The van der Waals surface area contributed by atoms with E-state index in [1.807, 2.05) is 13.8 Å². The van der Waals surface area contributed by atoms with Crippen molar-refractivity contribution in [1.82, 2.24) is 0 Å². The molecule has 0 aliphatic carbocycles. The van der Waals surface area contributed by atoms with Gasteiger partial charge in [0.05, 0.1) is 12.5 Å². The van der Waals surface area contributed by atoms with Gasteiger partial charge in [-0.15, -0.1) is 0 Å². The van der Waals surface area contributed by atoms with Crippen molar-refractivity contribution in [3.05, 3.63) is 27.7 Å². The molecule has 4 N–H and O–H groups in total. The van der Waals surface area contributed by atoms with Crippen LogP contribution >= 0.6 is 15.9 Å². The summed E-state index contributed by atoms with van der Waals surface area (Å²) in [7, 11) is 0. The van der Waals surface area contributed by atoms with Crippen molar-refractivity contribution in [2.75, 3.05) is 5.32 Å². The predicted octanol–water partition coefficient (Wildman–Crippen LogP) is 1.81. The lowest BCUT2D eigenvalue weighted by atomic mass is 10.1. The zero-order chi connectivity index (χ0) is 13.9. The summed E-state index contributed by atoms with van der Waals surface area (Å²) in [5, 5.41) is 11.2. The van der Waals surface area contributed by atoms with E-state index in [1.165, 1.54) is 0 Å². The Morgan fingerprint density at radius 1 is 1.39 bits per heavy atom. The van der Waals surface area contributed by atoms with Gasteiger partial charge in [-0.2, -0.15) is 0 Å². The first-order valence-corrected chi connectivity index (χ1v) is 6.15. The van der Waals surface area contributed by atoms with Crippen LogP contribution in [0.1, 0.15) is 17.5 Å². The third-order valence-electron chi connectivity index (χ3n) is 2.44. The molecule has 0 aliphatic rings. The number of aryl methyl sites for hydroxylation is 2. The molecule has 0 fully saturated rings. The van der Waals surface area contributed by atoms with Gasteiger partial charge < -0.3 is 16.2 Å². The highest BCUT2D eigenvalue weighted by molar-refractivity contribution is 9.10. The summed E-state index contributed by atoms with van der Waals surface area (Å²) >= 11 is 3.43. The number of hydrogen-bond donors (Lipinski definition) is 3. The monoisotopic (exact) mass is 314 g/mol. The van der Waals surface area contributed by atoms with Crippen molar-refractivity contribution in [1.29, 1.82) is 0 Å². The van der Waals surface area contributed by atoms with Crippen LogP contribution in [0.3, 0.4) is 0 Å². The third-order valence-corrected chi connectivity index (χ3v) is 3.69. The van der Waals surface area contributed by atoms with Gasteiger partial charge in [0, 0.05) is 10.2 Å². The minimum atomic E-state index is -1.10. The highest BCUT2D eigenvalue weighted by atomic mass is 79.9. The van der Waals surface area contributed by atoms with E-state index < -0.39 is 17.9 Å². The number of nitrogens with one attached hydrogen (secondary N) is 1. The maximum Gasteiger partial charge on any atom is 0.305 e. The third kappa shape index (κ3) is 3.82. The number of carbonyl (C=O) groups excluding carboxylic acids is 1. The molecule has 0 saturated carbocycles. The standard InChI is InChI=1S/C12H15BrN2O3/c1-6-3-8(4-7(2)11(6)13)15-12(18)9(14)5-10(16)17/h3-4,9H,5,14H2,1-2H3,(H,15,18)(H,16,17). The van der Waals surface area contributed by atoms with Crippen LogP contribution in [0.4, 0.5) is 5.69 Å². The lowest BCUT2D eigenvalue weighted by Gasteiger charge is -2.12. The highest BCUT2D eigenvalue weighted by Crippen LogP contribution is 2.25. The number of amides is 1. The van der Waals surface area contributed by atoms with Crippen LogP contribution in [0.15, 0.2) is 16.6 Å². The van der Waals surface area contributed by atoms with Gasteiger partial charge in [-0.05, 0) is 37.1 Å². The number of rotatable bonds is 4. The molecule has 1 rings (SSSR count). The Labute approximate surface area is 113 Å². The lowest BCUT2D eigenvalue weighted by molar-refractivity contribution is -0.138. The smallest absolute Gasteiger partial charge is 0.305 e.